The van der Waals surface area contributed by atoms with Gasteiger partial charge in [0.05, 0.1) is 18.3 Å². The van der Waals surface area contributed by atoms with Crippen molar-refractivity contribution in [1.29, 1.82) is 0 Å². The molecule has 1 N–H and O–H groups in total. The number of rotatable bonds is 5. The summed E-state index contributed by atoms with van der Waals surface area (Å²) in [5.41, 5.74) is 1.89. The molecular weight excluding hydrogens is 340 g/mol. The van der Waals surface area contributed by atoms with Crippen LogP contribution in [-0.2, 0) is 13.1 Å². The first-order chi connectivity index (χ1) is 13.3. The normalized spacial score (nSPS) is 15.6. The van der Waals surface area contributed by atoms with Crippen molar-refractivity contribution in [2.75, 3.05) is 26.2 Å². The van der Waals surface area contributed by atoms with Gasteiger partial charge in [-0.2, -0.15) is 5.10 Å². The van der Waals surface area contributed by atoms with Crippen LogP contribution in [0.25, 0.3) is 0 Å². The lowest BCUT2D eigenvalue weighted by molar-refractivity contribution is 0.0761. The van der Waals surface area contributed by atoms with Crippen LogP contribution in [0.1, 0.15) is 28.2 Å². The number of nitrogens with one attached hydrogen (secondary N) is 1. The summed E-state index contributed by atoms with van der Waals surface area (Å²) >= 11 is 0. The number of aromatic nitrogens is 4. The molecule has 0 bridgehead atoms. The van der Waals surface area contributed by atoms with Crippen molar-refractivity contribution in [3.63, 3.8) is 0 Å². The second-order valence-electron chi connectivity index (χ2n) is 6.87. The Kier molecular flexibility index (Phi) is 5.29. The third kappa shape index (κ3) is 4.25. The van der Waals surface area contributed by atoms with Gasteiger partial charge >= 0.3 is 0 Å². The Labute approximate surface area is 158 Å². The second kappa shape index (κ2) is 8.18. The van der Waals surface area contributed by atoms with Gasteiger partial charge in [0.25, 0.3) is 5.91 Å². The Hall–Kier alpha value is -2.93. The first-order valence-corrected chi connectivity index (χ1v) is 9.34. The van der Waals surface area contributed by atoms with E-state index < -0.39 is 0 Å². The first kappa shape index (κ1) is 17.5. The predicted molar refractivity (Wildman–Crippen MR) is 102 cm³/mol. The zero-order valence-electron chi connectivity index (χ0n) is 15.3. The van der Waals surface area contributed by atoms with Crippen molar-refractivity contribution >= 4 is 5.91 Å². The summed E-state index contributed by atoms with van der Waals surface area (Å²) in [5, 5.41) is 6.59. The highest BCUT2D eigenvalue weighted by atomic mass is 16.2. The zero-order chi connectivity index (χ0) is 18.5. The van der Waals surface area contributed by atoms with E-state index in [0.717, 1.165) is 51.5 Å². The molecule has 0 spiro atoms. The molecule has 27 heavy (non-hydrogen) atoms. The lowest BCUT2D eigenvalue weighted by Crippen LogP contribution is -2.35. The molecule has 1 aliphatic rings. The van der Waals surface area contributed by atoms with Gasteiger partial charge in [0.2, 0.25) is 0 Å². The molecule has 0 saturated carbocycles. The van der Waals surface area contributed by atoms with E-state index in [1.807, 2.05) is 23.4 Å². The fourth-order valence-electron chi connectivity index (χ4n) is 3.50. The number of H-pyrrole nitrogens is 1. The monoisotopic (exact) mass is 364 g/mol. The van der Waals surface area contributed by atoms with Crippen LogP contribution in [0.2, 0.25) is 0 Å². The summed E-state index contributed by atoms with van der Waals surface area (Å²) in [6, 6.07) is 10.4. The third-order valence-corrected chi connectivity index (χ3v) is 4.98. The summed E-state index contributed by atoms with van der Waals surface area (Å²) in [4.78, 5) is 21.4. The van der Waals surface area contributed by atoms with Crippen LogP contribution in [-0.4, -0.2) is 61.6 Å². The quantitative estimate of drug-likeness (QED) is 0.752. The fraction of sp³-hybridized carbons (Fsp3) is 0.350. The number of benzene rings is 1. The van der Waals surface area contributed by atoms with Crippen LogP contribution in [0, 0.1) is 0 Å². The van der Waals surface area contributed by atoms with Crippen molar-refractivity contribution in [3.05, 3.63) is 72.1 Å². The Morgan fingerprint density at radius 2 is 1.96 bits per heavy atom. The zero-order valence-corrected chi connectivity index (χ0v) is 15.3. The Morgan fingerprint density at radius 1 is 1.07 bits per heavy atom. The van der Waals surface area contributed by atoms with Crippen molar-refractivity contribution in [1.82, 2.24) is 29.5 Å². The highest BCUT2D eigenvalue weighted by Crippen LogP contribution is 2.12. The van der Waals surface area contributed by atoms with E-state index in [1.165, 1.54) is 5.56 Å². The maximum absolute atomic E-state index is 12.5. The number of carbonyl (C=O) groups is 1. The van der Waals surface area contributed by atoms with Crippen LogP contribution in [0.15, 0.2) is 55.1 Å². The Balaban J connectivity index is 1.37. The summed E-state index contributed by atoms with van der Waals surface area (Å²) < 4.78 is 2.20. The number of carbonyl (C=O) groups excluding carboxylic acids is 1. The van der Waals surface area contributed by atoms with Crippen LogP contribution in [0.4, 0.5) is 0 Å². The highest BCUT2D eigenvalue weighted by molar-refractivity contribution is 5.93. The van der Waals surface area contributed by atoms with Gasteiger partial charge in [-0.1, -0.05) is 30.3 Å². The van der Waals surface area contributed by atoms with Crippen LogP contribution in [0.3, 0.4) is 0 Å². The molecule has 1 aliphatic heterocycles. The summed E-state index contributed by atoms with van der Waals surface area (Å²) in [6.45, 7) is 4.94. The fourth-order valence-corrected chi connectivity index (χ4v) is 3.50. The number of aromatic amines is 1. The molecule has 1 aromatic carbocycles. The first-order valence-electron chi connectivity index (χ1n) is 9.34. The molecule has 7 nitrogen and oxygen atoms in total. The average Bonchev–Trinajstić information content (AvgIpc) is 3.31. The number of nitrogens with zero attached hydrogens (tertiary/aromatic N) is 5. The molecule has 0 radical (unpaired) electrons. The van der Waals surface area contributed by atoms with Gasteiger partial charge in [-0.15, -0.1) is 0 Å². The van der Waals surface area contributed by atoms with Crippen LogP contribution in [0.5, 0.6) is 0 Å². The van der Waals surface area contributed by atoms with Crippen LogP contribution < -0.4 is 0 Å². The van der Waals surface area contributed by atoms with Crippen molar-refractivity contribution < 1.29 is 4.79 Å². The van der Waals surface area contributed by atoms with Gasteiger partial charge in [0, 0.05) is 51.3 Å². The van der Waals surface area contributed by atoms with Crippen molar-refractivity contribution in [3.8, 4) is 0 Å². The predicted octanol–water partition coefficient (Wildman–Crippen LogP) is 2.00. The minimum absolute atomic E-state index is 0.0520. The number of imidazole rings is 1. The molecule has 3 heterocycles. The van der Waals surface area contributed by atoms with Gasteiger partial charge in [-0.05, 0) is 12.0 Å². The largest absolute Gasteiger partial charge is 0.337 e. The molecule has 3 aromatic rings. The lowest BCUT2D eigenvalue weighted by Gasteiger charge is -2.21. The van der Waals surface area contributed by atoms with Gasteiger partial charge in [0.1, 0.15) is 5.82 Å². The molecule has 0 unspecified atom stereocenters. The van der Waals surface area contributed by atoms with Gasteiger partial charge in [0.15, 0.2) is 0 Å². The van der Waals surface area contributed by atoms with Gasteiger partial charge < -0.3 is 9.47 Å². The maximum atomic E-state index is 12.5. The van der Waals surface area contributed by atoms with Crippen molar-refractivity contribution in [2.24, 2.45) is 0 Å². The molecular formula is C20H24N6O. The second-order valence-corrected chi connectivity index (χ2v) is 6.87. The van der Waals surface area contributed by atoms with Gasteiger partial charge in [-0.3, -0.25) is 14.8 Å². The smallest absolute Gasteiger partial charge is 0.257 e. The summed E-state index contributed by atoms with van der Waals surface area (Å²) in [6.07, 6.45) is 8.11. The van der Waals surface area contributed by atoms with E-state index in [2.05, 4.69) is 48.9 Å². The third-order valence-electron chi connectivity index (χ3n) is 4.98. The van der Waals surface area contributed by atoms with E-state index in [9.17, 15) is 4.79 Å². The minimum Gasteiger partial charge on any atom is -0.337 e. The van der Waals surface area contributed by atoms with E-state index in [-0.39, 0.29) is 5.91 Å². The van der Waals surface area contributed by atoms with Gasteiger partial charge in [-0.25, -0.2) is 4.98 Å². The molecule has 1 fully saturated rings. The molecule has 140 valence electrons. The number of hydrogen-bond donors (Lipinski definition) is 1. The maximum Gasteiger partial charge on any atom is 0.257 e. The van der Waals surface area contributed by atoms with E-state index >= 15 is 0 Å². The SMILES string of the molecule is O=C(c1cn[nH]c1)N1CCCN(Cc2nccn2Cc2ccccc2)CC1. The molecule has 7 heteroatoms. The number of hydrogen-bond acceptors (Lipinski definition) is 4. The Morgan fingerprint density at radius 3 is 2.78 bits per heavy atom. The number of amides is 1. The summed E-state index contributed by atoms with van der Waals surface area (Å²) in [7, 11) is 0. The van der Waals surface area contributed by atoms with E-state index in [4.69, 9.17) is 0 Å². The lowest BCUT2D eigenvalue weighted by atomic mass is 10.2. The molecule has 1 amide bonds. The molecule has 4 rings (SSSR count). The standard InChI is InChI=1S/C20H24N6O/c27-20(18-13-22-23-14-18)25-9-4-8-24(11-12-25)16-19-21-7-10-26(19)15-17-5-2-1-3-6-17/h1-3,5-7,10,13-14H,4,8-9,11-12,15-16H2,(H,22,23). The molecule has 0 atom stereocenters. The molecule has 2 aromatic heterocycles. The minimum atomic E-state index is 0.0520. The van der Waals surface area contributed by atoms with E-state index in [0.29, 0.717) is 5.56 Å². The summed E-state index contributed by atoms with van der Waals surface area (Å²) in [5.74, 6) is 1.12. The van der Waals surface area contributed by atoms with E-state index in [1.54, 1.807) is 12.4 Å². The Bertz CT molecular complexity index is 858. The molecule has 1 saturated heterocycles. The van der Waals surface area contributed by atoms with Crippen LogP contribution >= 0.6 is 0 Å². The average molecular weight is 364 g/mol. The van der Waals surface area contributed by atoms with Crippen molar-refractivity contribution in [2.45, 2.75) is 19.5 Å². The highest BCUT2D eigenvalue weighted by Gasteiger charge is 2.21. The molecule has 0 aliphatic carbocycles. The topological polar surface area (TPSA) is 70.1 Å².